The van der Waals surface area contributed by atoms with Crippen molar-refractivity contribution >= 4 is 17.3 Å². The Labute approximate surface area is 142 Å². The van der Waals surface area contributed by atoms with E-state index in [1.807, 2.05) is 11.8 Å². The highest BCUT2D eigenvalue weighted by Crippen LogP contribution is 2.31. The number of nitro benzene ring substituents is 1. The normalized spacial score (nSPS) is 15.3. The van der Waals surface area contributed by atoms with E-state index < -0.39 is 0 Å². The van der Waals surface area contributed by atoms with Gasteiger partial charge in [0.1, 0.15) is 5.69 Å². The average molecular weight is 335 g/mol. The van der Waals surface area contributed by atoms with Crippen molar-refractivity contribution < 1.29 is 14.5 Å². The lowest BCUT2D eigenvalue weighted by Crippen LogP contribution is -2.41. The summed E-state index contributed by atoms with van der Waals surface area (Å²) in [4.78, 5) is 24.9. The molecule has 1 heterocycles. The third kappa shape index (κ3) is 4.92. The molecule has 1 aromatic carbocycles. The third-order valence-electron chi connectivity index (χ3n) is 4.25. The molecule has 0 aliphatic carbocycles. The number of para-hydroxylation sites is 2. The topological polar surface area (TPSA) is 84.7 Å². The highest BCUT2D eigenvalue weighted by molar-refractivity contribution is 5.79. The fourth-order valence-electron chi connectivity index (χ4n) is 2.94. The maximum Gasteiger partial charge on any atom is 0.292 e. The number of carbonyl (C=O) groups excluding carboxylic acids is 1. The smallest absolute Gasteiger partial charge is 0.292 e. The van der Waals surface area contributed by atoms with E-state index in [1.165, 1.54) is 6.07 Å². The van der Waals surface area contributed by atoms with Crippen LogP contribution in [0.25, 0.3) is 0 Å². The molecule has 1 fully saturated rings. The van der Waals surface area contributed by atoms with Crippen LogP contribution in [-0.4, -0.2) is 43.7 Å². The molecule has 7 nitrogen and oxygen atoms in total. The summed E-state index contributed by atoms with van der Waals surface area (Å²) in [6, 6.07) is 6.77. The number of carbonyl (C=O) groups is 1. The van der Waals surface area contributed by atoms with Crippen LogP contribution >= 0.6 is 0 Å². The second kappa shape index (κ2) is 9.22. The quantitative estimate of drug-likeness (QED) is 0.448. The molecule has 0 radical (unpaired) electrons. The molecule has 0 bridgehead atoms. The fraction of sp³-hybridized carbons (Fsp3) is 0.588. The Balaban J connectivity index is 1.81. The lowest BCUT2D eigenvalue weighted by Gasteiger charge is -2.32. The summed E-state index contributed by atoms with van der Waals surface area (Å²) in [5.74, 6) is 0.0600. The number of hydrogen-bond donors (Lipinski definition) is 1. The van der Waals surface area contributed by atoms with Gasteiger partial charge in [-0.25, -0.2) is 0 Å². The molecular formula is C17H25N3O4. The third-order valence-corrected chi connectivity index (χ3v) is 4.25. The van der Waals surface area contributed by atoms with E-state index in [0.29, 0.717) is 51.4 Å². The number of hydrogen-bond acceptors (Lipinski definition) is 5. The second-order valence-electron chi connectivity index (χ2n) is 5.85. The minimum Gasteiger partial charge on any atom is -0.382 e. The Bertz CT molecular complexity index is 557. The predicted octanol–water partition coefficient (Wildman–Crippen LogP) is 2.35. The van der Waals surface area contributed by atoms with Gasteiger partial charge in [0, 0.05) is 44.8 Å². The van der Waals surface area contributed by atoms with Crippen LogP contribution in [0.3, 0.4) is 0 Å². The molecule has 0 atom stereocenters. The number of nitrogens with one attached hydrogen (secondary N) is 1. The zero-order valence-electron chi connectivity index (χ0n) is 14.1. The number of amides is 1. The molecule has 1 N–H and O–H groups in total. The lowest BCUT2D eigenvalue weighted by molar-refractivity contribution is -0.384. The average Bonchev–Trinajstić information content (AvgIpc) is 2.61. The summed E-state index contributed by atoms with van der Waals surface area (Å²) in [6.07, 6.45) is 2.24. The standard InChI is InChI=1S/C17H25N3O4/c1-2-24-13-5-10-18-17(21)14-8-11-19(12-9-14)15-6-3-4-7-16(15)20(22)23/h3-4,6-7,14H,2,5,8-13H2,1H3,(H,18,21). The summed E-state index contributed by atoms with van der Waals surface area (Å²) in [6.45, 7) is 5.24. The molecule has 24 heavy (non-hydrogen) atoms. The zero-order valence-corrected chi connectivity index (χ0v) is 14.1. The highest BCUT2D eigenvalue weighted by atomic mass is 16.6. The Hall–Kier alpha value is -2.15. The first-order valence-corrected chi connectivity index (χ1v) is 8.47. The maximum atomic E-state index is 12.2. The molecule has 1 aliphatic rings. The number of benzene rings is 1. The van der Waals surface area contributed by atoms with Crippen LogP contribution in [0.4, 0.5) is 11.4 Å². The van der Waals surface area contributed by atoms with Gasteiger partial charge < -0.3 is 15.0 Å². The number of nitrogens with zero attached hydrogens (tertiary/aromatic N) is 2. The Morgan fingerprint density at radius 1 is 1.38 bits per heavy atom. The minimum atomic E-state index is -0.355. The first-order valence-electron chi connectivity index (χ1n) is 8.47. The van der Waals surface area contributed by atoms with Crippen LogP contribution in [0.5, 0.6) is 0 Å². The van der Waals surface area contributed by atoms with Gasteiger partial charge in [-0.15, -0.1) is 0 Å². The van der Waals surface area contributed by atoms with Crippen LogP contribution in [0.15, 0.2) is 24.3 Å². The van der Waals surface area contributed by atoms with E-state index >= 15 is 0 Å². The van der Waals surface area contributed by atoms with Crippen molar-refractivity contribution in [3.63, 3.8) is 0 Å². The molecule has 0 aromatic heterocycles. The zero-order chi connectivity index (χ0) is 17.4. The van der Waals surface area contributed by atoms with Crippen molar-refractivity contribution in [2.45, 2.75) is 26.2 Å². The van der Waals surface area contributed by atoms with Gasteiger partial charge in [0.15, 0.2) is 0 Å². The summed E-state index contributed by atoms with van der Waals surface area (Å²) in [5.41, 5.74) is 0.759. The van der Waals surface area contributed by atoms with Gasteiger partial charge in [-0.3, -0.25) is 14.9 Å². The summed E-state index contributed by atoms with van der Waals surface area (Å²) >= 11 is 0. The van der Waals surface area contributed by atoms with Gasteiger partial charge in [-0.2, -0.15) is 0 Å². The van der Waals surface area contributed by atoms with E-state index in [2.05, 4.69) is 5.32 Å². The predicted molar refractivity (Wildman–Crippen MR) is 92.2 cm³/mol. The Morgan fingerprint density at radius 3 is 2.75 bits per heavy atom. The van der Waals surface area contributed by atoms with Crippen LogP contribution in [0.2, 0.25) is 0 Å². The molecule has 7 heteroatoms. The molecule has 1 amide bonds. The van der Waals surface area contributed by atoms with Crippen LogP contribution in [-0.2, 0) is 9.53 Å². The van der Waals surface area contributed by atoms with Crippen molar-refractivity contribution in [2.75, 3.05) is 37.7 Å². The number of anilines is 1. The van der Waals surface area contributed by atoms with Gasteiger partial charge in [0.05, 0.1) is 4.92 Å². The molecule has 2 rings (SSSR count). The largest absolute Gasteiger partial charge is 0.382 e. The SMILES string of the molecule is CCOCCCNC(=O)C1CCN(c2ccccc2[N+](=O)[O-])CC1. The van der Waals surface area contributed by atoms with Crippen molar-refractivity contribution in [3.8, 4) is 0 Å². The van der Waals surface area contributed by atoms with Crippen molar-refractivity contribution in [2.24, 2.45) is 5.92 Å². The number of rotatable bonds is 8. The molecule has 132 valence electrons. The van der Waals surface area contributed by atoms with Gasteiger partial charge in [0.2, 0.25) is 5.91 Å². The van der Waals surface area contributed by atoms with E-state index in [4.69, 9.17) is 4.74 Å². The first kappa shape index (κ1) is 18.2. The van der Waals surface area contributed by atoms with Crippen molar-refractivity contribution in [1.29, 1.82) is 0 Å². The summed E-state index contributed by atoms with van der Waals surface area (Å²) < 4.78 is 5.24. The minimum absolute atomic E-state index is 0.0175. The molecular weight excluding hydrogens is 310 g/mol. The maximum absolute atomic E-state index is 12.2. The van der Waals surface area contributed by atoms with Gasteiger partial charge in [0.25, 0.3) is 5.69 Å². The van der Waals surface area contributed by atoms with Crippen molar-refractivity contribution in [3.05, 3.63) is 34.4 Å². The van der Waals surface area contributed by atoms with E-state index in [-0.39, 0.29) is 22.4 Å². The Morgan fingerprint density at radius 2 is 2.08 bits per heavy atom. The highest BCUT2D eigenvalue weighted by Gasteiger charge is 2.27. The molecule has 0 saturated carbocycles. The summed E-state index contributed by atoms with van der Waals surface area (Å²) in [5, 5.41) is 14.1. The first-order chi connectivity index (χ1) is 11.6. The van der Waals surface area contributed by atoms with E-state index in [9.17, 15) is 14.9 Å². The molecule has 0 unspecified atom stereocenters. The number of nitro groups is 1. The summed E-state index contributed by atoms with van der Waals surface area (Å²) in [7, 11) is 0. The van der Waals surface area contributed by atoms with Gasteiger partial charge in [-0.05, 0) is 32.3 Å². The molecule has 0 spiro atoms. The van der Waals surface area contributed by atoms with Gasteiger partial charge in [-0.1, -0.05) is 12.1 Å². The number of ether oxygens (including phenoxy) is 1. The van der Waals surface area contributed by atoms with Crippen LogP contribution in [0.1, 0.15) is 26.2 Å². The molecule has 1 aromatic rings. The Kier molecular flexibility index (Phi) is 6.99. The monoisotopic (exact) mass is 335 g/mol. The molecule has 1 aliphatic heterocycles. The van der Waals surface area contributed by atoms with Crippen molar-refractivity contribution in [1.82, 2.24) is 5.32 Å². The van der Waals surface area contributed by atoms with E-state index in [0.717, 1.165) is 6.42 Å². The molecule has 1 saturated heterocycles. The van der Waals surface area contributed by atoms with Gasteiger partial charge >= 0.3 is 0 Å². The lowest BCUT2D eigenvalue weighted by atomic mass is 9.95. The van der Waals surface area contributed by atoms with Crippen LogP contribution < -0.4 is 10.2 Å². The second-order valence-corrected chi connectivity index (χ2v) is 5.85. The van der Waals surface area contributed by atoms with Crippen LogP contribution in [0, 0.1) is 16.0 Å². The van der Waals surface area contributed by atoms with E-state index in [1.54, 1.807) is 18.2 Å². The fourth-order valence-corrected chi connectivity index (χ4v) is 2.94. The number of piperidine rings is 1.